The molecule has 1 aromatic rings. The summed E-state index contributed by atoms with van der Waals surface area (Å²) < 4.78 is 1.99. The van der Waals surface area contributed by atoms with E-state index in [4.69, 9.17) is 5.73 Å². The number of hydrogen-bond acceptors (Lipinski definition) is 4. The first kappa shape index (κ1) is 10.4. The van der Waals surface area contributed by atoms with E-state index < -0.39 is 0 Å². The molecule has 2 unspecified atom stereocenters. The summed E-state index contributed by atoms with van der Waals surface area (Å²) in [4.78, 5) is 4.47. The Morgan fingerprint density at radius 3 is 3.07 bits per heavy atom. The Morgan fingerprint density at radius 2 is 2.33 bits per heavy atom. The van der Waals surface area contributed by atoms with Gasteiger partial charge in [0.05, 0.1) is 6.04 Å². The molecule has 0 fully saturated rings. The van der Waals surface area contributed by atoms with E-state index in [2.05, 4.69) is 29.2 Å². The number of fused-ring (bicyclic) bond motifs is 1. The van der Waals surface area contributed by atoms with Crippen LogP contribution in [0.4, 0.5) is 5.95 Å². The Morgan fingerprint density at radius 1 is 1.53 bits per heavy atom. The molecule has 2 atom stereocenters. The molecule has 1 aliphatic rings. The van der Waals surface area contributed by atoms with Crippen molar-refractivity contribution in [2.24, 2.45) is 5.73 Å². The Balaban J connectivity index is 2.15. The molecule has 5 heteroatoms. The molecule has 0 spiro atoms. The van der Waals surface area contributed by atoms with Crippen LogP contribution in [0, 0.1) is 0 Å². The highest BCUT2D eigenvalue weighted by Gasteiger charge is 2.23. The summed E-state index contributed by atoms with van der Waals surface area (Å²) in [5.41, 5.74) is 5.47. The van der Waals surface area contributed by atoms with Crippen LogP contribution in [-0.4, -0.2) is 27.4 Å². The first-order chi connectivity index (χ1) is 7.20. The summed E-state index contributed by atoms with van der Waals surface area (Å²) in [5, 5.41) is 7.84. The van der Waals surface area contributed by atoms with Crippen molar-refractivity contribution in [1.82, 2.24) is 14.8 Å². The molecule has 0 radical (unpaired) electrons. The first-order valence-electron chi connectivity index (χ1n) is 5.62. The molecule has 15 heavy (non-hydrogen) atoms. The number of nitrogens with one attached hydrogen (secondary N) is 1. The van der Waals surface area contributed by atoms with Crippen molar-refractivity contribution in [3.63, 3.8) is 0 Å². The Labute approximate surface area is 90.1 Å². The van der Waals surface area contributed by atoms with Gasteiger partial charge in [-0.1, -0.05) is 0 Å². The van der Waals surface area contributed by atoms with Crippen LogP contribution in [0.15, 0.2) is 0 Å². The maximum absolute atomic E-state index is 5.47. The summed E-state index contributed by atoms with van der Waals surface area (Å²) in [6, 6.07) is 0.925. The summed E-state index contributed by atoms with van der Waals surface area (Å²) in [6.45, 7) is 5.06. The second kappa shape index (κ2) is 4.18. The van der Waals surface area contributed by atoms with Gasteiger partial charge in [0, 0.05) is 12.5 Å². The Kier molecular flexibility index (Phi) is 2.90. The van der Waals surface area contributed by atoms with Gasteiger partial charge < -0.3 is 11.1 Å². The van der Waals surface area contributed by atoms with Crippen LogP contribution in [0.5, 0.6) is 0 Å². The van der Waals surface area contributed by atoms with Gasteiger partial charge in [-0.25, -0.2) is 4.68 Å². The minimum atomic E-state index is 0.440. The molecule has 0 amide bonds. The summed E-state index contributed by atoms with van der Waals surface area (Å²) >= 11 is 0. The predicted octanol–water partition coefficient (Wildman–Crippen LogP) is 0.934. The molecule has 0 aromatic carbocycles. The molecule has 0 bridgehead atoms. The zero-order valence-electron chi connectivity index (χ0n) is 9.40. The molecule has 0 saturated heterocycles. The van der Waals surface area contributed by atoms with E-state index in [0.717, 1.165) is 31.0 Å². The van der Waals surface area contributed by atoms with Gasteiger partial charge in [-0.05, 0) is 33.2 Å². The third-order valence-electron chi connectivity index (χ3n) is 2.77. The molecule has 3 N–H and O–H groups in total. The van der Waals surface area contributed by atoms with Crippen molar-refractivity contribution in [2.75, 3.05) is 11.9 Å². The van der Waals surface area contributed by atoms with Crippen LogP contribution >= 0.6 is 0 Å². The first-order valence-corrected chi connectivity index (χ1v) is 5.62. The lowest BCUT2D eigenvalue weighted by atomic mass is 10.1. The van der Waals surface area contributed by atoms with Crippen LogP contribution in [-0.2, 0) is 6.42 Å². The van der Waals surface area contributed by atoms with Gasteiger partial charge >= 0.3 is 0 Å². The van der Waals surface area contributed by atoms with Crippen molar-refractivity contribution in [3.05, 3.63) is 5.82 Å². The highest BCUT2D eigenvalue weighted by Crippen LogP contribution is 2.24. The molecule has 1 aliphatic heterocycles. The highest BCUT2D eigenvalue weighted by molar-refractivity contribution is 5.29. The number of nitrogens with two attached hydrogens (primary N) is 1. The molecule has 0 aliphatic carbocycles. The van der Waals surface area contributed by atoms with Gasteiger partial charge in [0.25, 0.3) is 0 Å². The molecule has 84 valence electrons. The molecule has 2 heterocycles. The number of anilines is 1. The fourth-order valence-corrected chi connectivity index (χ4v) is 2.03. The molecular weight excluding hydrogens is 190 g/mol. The predicted molar refractivity (Wildman–Crippen MR) is 59.8 cm³/mol. The number of aromatic nitrogens is 3. The minimum absolute atomic E-state index is 0.440. The average Bonchev–Trinajstić information content (AvgIpc) is 2.57. The van der Waals surface area contributed by atoms with Crippen molar-refractivity contribution in [2.45, 2.75) is 45.2 Å². The smallest absolute Gasteiger partial charge is 0.221 e. The van der Waals surface area contributed by atoms with Crippen molar-refractivity contribution in [3.8, 4) is 0 Å². The third-order valence-corrected chi connectivity index (χ3v) is 2.77. The van der Waals surface area contributed by atoms with E-state index in [1.165, 1.54) is 0 Å². The van der Waals surface area contributed by atoms with Gasteiger partial charge in [0.1, 0.15) is 0 Å². The van der Waals surface area contributed by atoms with Gasteiger partial charge in [-0.15, -0.1) is 0 Å². The lowest BCUT2D eigenvalue weighted by Crippen LogP contribution is -2.29. The second-order valence-electron chi connectivity index (χ2n) is 4.32. The molecule has 5 nitrogen and oxygen atoms in total. The van der Waals surface area contributed by atoms with E-state index in [0.29, 0.717) is 18.6 Å². The zero-order valence-corrected chi connectivity index (χ0v) is 9.40. The van der Waals surface area contributed by atoms with Crippen molar-refractivity contribution >= 4 is 5.95 Å². The lowest BCUT2D eigenvalue weighted by Gasteiger charge is -2.26. The SMILES string of the molecule is CC1CC(C)n2nc(CCCN)nc2N1. The number of hydrogen-bond donors (Lipinski definition) is 2. The van der Waals surface area contributed by atoms with Gasteiger partial charge in [0.2, 0.25) is 5.95 Å². The van der Waals surface area contributed by atoms with E-state index in [9.17, 15) is 0 Å². The van der Waals surface area contributed by atoms with Gasteiger partial charge in [-0.2, -0.15) is 10.1 Å². The standard InChI is InChI=1S/C10H19N5/c1-7-6-8(2)15-10(12-7)13-9(14-15)4-3-5-11/h7-8H,3-6,11H2,1-2H3,(H,12,13,14). The number of nitrogens with zero attached hydrogens (tertiary/aromatic N) is 3. The van der Waals surface area contributed by atoms with Gasteiger partial charge in [0.15, 0.2) is 5.82 Å². The van der Waals surface area contributed by atoms with Crippen LogP contribution in [0.1, 0.15) is 38.6 Å². The maximum Gasteiger partial charge on any atom is 0.221 e. The lowest BCUT2D eigenvalue weighted by molar-refractivity contribution is 0.410. The van der Waals surface area contributed by atoms with Crippen molar-refractivity contribution in [1.29, 1.82) is 0 Å². The van der Waals surface area contributed by atoms with Crippen LogP contribution in [0.3, 0.4) is 0 Å². The second-order valence-corrected chi connectivity index (χ2v) is 4.32. The van der Waals surface area contributed by atoms with E-state index >= 15 is 0 Å². The van der Waals surface area contributed by atoms with Crippen LogP contribution in [0.2, 0.25) is 0 Å². The minimum Gasteiger partial charge on any atom is -0.352 e. The monoisotopic (exact) mass is 209 g/mol. The normalized spacial score (nSPS) is 24.7. The highest BCUT2D eigenvalue weighted by atomic mass is 15.4. The number of aryl methyl sites for hydroxylation is 1. The van der Waals surface area contributed by atoms with E-state index in [1.807, 2.05) is 4.68 Å². The van der Waals surface area contributed by atoms with Crippen LogP contribution < -0.4 is 11.1 Å². The fraction of sp³-hybridized carbons (Fsp3) is 0.800. The largest absolute Gasteiger partial charge is 0.352 e. The van der Waals surface area contributed by atoms with Gasteiger partial charge in [-0.3, -0.25) is 0 Å². The summed E-state index contributed by atoms with van der Waals surface area (Å²) in [6.07, 6.45) is 2.93. The van der Waals surface area contributed by atoms with E-state index in [1.54, 1.807) is 0 Å². The third kappa shape index (κ3) is 2.12. The maximum atomic E-state index is 5.47. The van der Waals surface area contributed by atoms with Crippen molar-refractivity contribution < 1.29 is 0 Å². The Bertz CT molecular complexity index is 333. The Hall–Kier alpha value is -1.10. The van der Waals surface area contributed by atoms with Crippen LogP contribution in [0.25, 0.3) is 0 Å². The summed E-state index contributed by atoms with van der Waals surface area (Å²) in [5.74, 6) is 1.82. The number of rotatable bonds is 3. The molecular formula is C10H19N5. The average molecular weight is 209 g/mol. The summed E-state index contributed by atoms with van der Waals surface area (Å²) in [7, 11) is 0. The zero-order chi connectivity index (χ0) is 10.8. The quantitative estimate of drug-likeness (QED) is 0.777. The topological polar surface area (TPSA) is 68.8 Å². The molecule has 2 rings (SSSR count). The molecule has 0 saturated carbocycles. The molecule has 1 aromatic heterocycles. The van der Waals surface area contributed by atoms with E-state index in [-0.39, 0.29) is 0 Å². The fourth-order valence-electron chi connectivity index (χ4n) is 2.03.